The number of hydrogen-bond donors (Lipinski definition) is 0. The Kier molecular flexibility index (Phi) is 3.25. The van der Waals surface area contributed by atoms with E-state index in [0.29, 0.717) is 11.3 Å². The largest absolute Gasteiger partial charge is 0.457 e. The Labute approximate surface area is 87.2 Å². The van der Waals surface area contributed by atoms with Gasteiger partial charge in [0.15, 0.2) is 0 Å². The minimum absolute atomic E-state index is 0.187. The molecule has 0 saturated carbocycles. The van der Waals surface area contributed by atoms with Gasteiger partial charge in [-0.3, -0.25) is 5.01 Å². The summed E-state index contributed by atoms with van der Waals surface area (Å²) < 4.78 is 74.9. The van der Waals surface area contributed by atoms with Gasteiger partial charge in [0, 0.05) is 6.54 Å². The fourth-order valence-electron chi connectivity index (χ4n) is 1.27. The van der Waals surface area contributed by atoms with Crippen molar-refractivity contribution in [1.82, 2.24) is 10.1 Å². The van der Waals surface area contributed by atoms with Crippen molar-refractivity contribution in [3.8, 4) is 0 Å². The van der Waals surface area contributed by atoms with Gasteiger partial charge in [0.05, 0.1) is 0 Å². The number of hydrogen-bond acceptors (Lipinski definition) is 3. The maximum absolute atomic E-state index is 12.9. The van der Waals surface area contributed by atoms with Crippen LogP contribution < -0.4 is 0 Å². The standard InChI is InChI=1S/C7H9F6N3/c1-2-3-16-5(15(13)4-14-16)6(8,9)7(10,11)12/h4-5H,2-3H2,1H3. The van der Waals surface area contributed by atoms with Gasteiger partial charge in [-0.1, -0.05) is 11.4 Å². The SMILES string of the molecule is CCCN1N=CN(F)C1C(F)(F)C(F)(F)F. The molecule has 0 amide bonds. The summed E-state index contributed by atoms with van der Waals surface area (Å²) in [6.07, 6.45) is -8.00. The van der Waals surface area contributed by atoms with Crippen LogP contribution >= 0.6 is 0 Å². The van der Waals surface area contributed by atoms with Gasteiger partial charge in [0.25, 0.3) is 0 Å². The van der Waals surface area contributed by atoms with E-state index in [1.54, 1.807) is 6.92 Å². The molecule has 0 aliphatic carbocycles. The van der Waals surface area contributed by atoms with Gasteiger partial charge in [0.1, 0.15) is 6.34 Å². The Morgan fingerprint density at radius 1 is 1.25 bits per heavy atom. The van der Waals surface area contributed by atoms with Gasteiger partial charge in [0.2, 0.25) is 6.17 Å². The van der Waals surface area contributed by atoms with Crippen LogP contribution in [-0.4, -0.2) is 41.3 Å². The zero-order chi connectivity index (χ0) is 12.6. The minimum Gasteiger partial charge on any atom is -0.264 e. The molecule has 0 spiro atoms. The molecule has 1 atom stereocenters. The molecule has 0 bridgehead atoms. The predicted molar refractivity (Wildman–Crippen MR) is 43.2 cm³/mol. The summed E-state index contributed by atoms with van der Waals surface area (Å²) in [6.45, 7) is 1.37. The lowest BCUT2D eigenvalue weighted by Gasteiger charge is -2.32. The fourth-order valence-corrected chi connectivity index (χ4v) is 1.27. The highest BCUT2D eigenvalue weighted by atomic mass is 19.4. The number of alkyl halides is 5. The molecule has 0 aromatic heterocycles. The number of halogens is 6. The van der Waals surface area contributed by atoms with Gasteiger partial charge < -0.3 is 0 Å². The Balaban J connectivity index is 2.93. The fraction of sp³-hybridized carbons (Fsp3) is 0.857. The molecule has 1 rings (SSSR count). The highest BCUT2D eigenvalue weighted by Gasteiger charge is 2.67. The minimum atomic E-state index is -5.82. The summed E-state index contributed by atoms with van der Waals surface area (Å²) in [5, 5.41) is 2.80. The summed E-state index contributed by atoms with van der Waals surface area (Å²) in [5.74, 6) is -5.19. The number of rotatable bonds is 3. The molecule has 0 aromatic carbocycles. The maximum atomic E-state index is 12.9. The Morgan fingerprint density at radius 2 is 1.81 bits per heavy atom. The lowest BCUT2D eigenvalue weighted by molar-refractivity contribution is -0.323. The quantitative estimate of drug-likeness (QED) is 0.564. The van der Waals surface area contributed by atoms with Crippen LogP contribution in [0, 0.1) is 0 Å². The molecule has 9 heteroatoms. The van der Waals surface area contributed by atoms with Crippen LogP contribution in [0.1, 0.15) is 13.3 Å². The molecular weight excluding hydrogens is 240 g/mol. The van der Waals surface area contributed by atoms with E-state index in [4.69, 9.17) is 0 Å². The van der Waals surface area contributed by atoms with E-state index in [1.165, 1.54) is 0 Å². The smallest absolute Gasteiger partial charge is 0.264 e. The molecular formula is C7H9F6N3. The summed E-state index contributed by atoms with van der Waals surface area (Å²) in [5.41, 5.74) is 0. The second kappa shape index (κ2) is 4.02. The predicted octanol–water partition coefficient (Wildman–Crippen LogP) is 2.37. The molecule has 0 aromatic rings. The monoisotopic (exact) mass is 249 g/mol. The molecule has 16 heavy (non-hydrogen) atoms. The molecule has 3 nitrogen and oxygen atoms in total. The average Bonchev–Trinajstić information content (AvgIpc) is 2.46. The third-order valence-electron chi connectivity index (χ3n) is 1.98. The second-order valence-corrected chi connectivity index (χ2v) is 3.23. The van der Waals surface area contributed by atoms with Gasteiger partial charge >= 0.3 is 12.1 Å². The first-order chi connectivity index (χ1) is 7.21. The van der Waals surface area contributed by atoms with Crippen molar-refractivity contribution in [2.75, 3.05) is 6.54 Å². The maximum Gasteiger partial charge on any atom is 0.457 e. The van der Waals surface area contributed by atoms with E-state index >= 15 is 0 Å². The zero-order valence-corrected chi connectivity index (χ0v) is 8.18. The van der Waals surface area contributed by atoms with Crippen LogP contribution in [0.5, 0.6) is 0 Å². The van der Waals surface area contributed by atoms with Crippen molar-refractivity contribution in [2.45, 2.75) is 31.6 Å². The zero-order valence-electron chi connectivity index (χ0n) is 8.18. The summed E-state index contributed by atoms with van der Waals surface area (Å²) in [4.78, 5) is 0. The van der Waals surface area contributed by atoms with Gasteiger partial charge in [-0.2, -0.15) is 32.2 Å². The molecule has 0 saturated heterocycles. The molecule has 1 heterocycles. The number of nitrogens with zero attached hydrogens (tertiary/aromatic N) is 3. The van der Waals surface area contributed by atoms with E-state index < -0.39 is 23.4 Å². The van der Waals surface area contributed by atoms with Crippen molar-refractivity contribution in [3.63, 3.8) is 0 Å². The highest BCUT2D eigenvalue weighted by Crippen LogP contribution is 2.42. The first-order valence-corrected chi connectivity index (χ1v) is 4.41. The summed E-state index contributed by atoms with van der Waals surface area (Å²) in [6, 6.07) is 0. The van der Waals surface area contributed by atoms with Crippen LogP contribution in [0.15, 0.2) is 5.10 Å². The molecule has 0 fully saturated rings. The van der Waals surface area contributed by atoms with Crippen molar-refractivity contribution >= 4 is 6.34 Å². The van der Waals surface area contributed by atoms with Crippen LogP contribution in [-0.2, 0) is 0 Å². The van der Waals surface area contributed by atoms with Gasteiger partial charge in [-0.05, 0) is 6.42 Å². The van der Waals surface area contributed by atoms with E-state index in [-0.39, 0.29) is 13.0 Å². The van der Waals surface area contributed by atoms with Crippen molar-refractivity contribution in [1.29, 1.82) is 0 Å². The van der Waals surface area contributed by atoms with Crippen molar-refractivity contribution < 1.29 is 26.4 Å². The third kappa shape index (κ3) is 2.03. The Hall–Kier alpha value is -1.15. The topological polar surface area (TPSA) is 18.8 Å². The normalized spacial score (nSPS) is 22.1. The van der Waals surface area contributed by atoms with E-state index in [9.17, 15) is 26.4 Å². The van der Waals surface area contributed by atoms with Crippen LogP contribution in [0.3, 0.4) is 0 Å². The molecule has 1 aliphatic heterocycles. The first-order valence-electron chi connectivity index (χ1n) is 4.41. The lowest BCUT2D eigenvalue weighted by atomic mass is 10.2. The average molecular weight is 249 g/mol. The van der Waals surface area contributed by atoms with E-state index in [2.05, 4.69) is 5.10 Å². The third-order valence-corrected chi connectivity index (χ3v) is 1.98. The summed E-state index contributed by atoms with van der Waals surface area (Å²) in [7, 11) is 0. The van der Waals surface area contributed by atoms with Crippen molar-refractivity contribution in [3.05, 3.63) is 0 Å². The molecule has 94 valence electrons. The summed E-state index contributed by atoms with van der Waals surface area (Å²) >= 11 is 0. The van der Waals surface area contributed by atoms with E-state index in [1.807, 2.05) is 0 Å². The lowest BCUT2D eigenvalue weighted by Crippen LogP contribution is -2.57. The molecule has 1 unspecified atom stereocenters. The van der Waals surface area contributed by atoms with Gasteiger partial charge in [-0.25, -0.2) is 0 Å². The van der Waals surface area contributed by atoms with Crippen molar-refractivity contribution in [2.24, 2.45) is 5.10 Å². The van der Waals surface area contributed by atoms with E-state index in [0.717, 1.165) is 0 Å². The highest BCUT2D eigenvalue weighted by molar-refractivity contribution is 5.55. The molecule has 0 N–H and O–H groups in total. The first kappa shape index (κ1) is 12.9. The Morgan fingerprint density at radius 3 is 2.25 bits per heavy atom. The Bertz CT molecular complexity index is 276. The number of hydrazone groups is 1. The van der Waals surface area contributed by atoms with Crippen LogP contribution in [0.4, 0.5) is 26.4 Å². The molecule has 1 aliphatic rings. The van der Waals surface area contributed by atoms with Crippen LogP contribution in [0.2, 0.25) is 0 Å². The second-order valence-electron chi connectivity index (χ2n) is 3.23. The van der Waals surface area contributed by atoms with Gasteiger partial charge in [-0.15, -0.1) is 0 Å². The van der Waals surface area contributed by atoms with Crippen LogP contribution in [0.25, 0.3) is 0 Å². The molecule has 0 radical (unpaired) electrons.